The highest BCUT2D eigenvalue weighted by Crippen LogP contribution is 2.34. The molecule has 1 aromatic heterocycles. The molecule has 29 heavy (non-hydrogen) atoms. The number of fused-ring (bicyclic) bond motifs is 1. The van der Waals surface area contributed by atoms with Crippen molar-refractivity contribution in [3.63, 3.8) is 0 Å². The summed E-state index contributed by atoms with van der Waals surface area (Å²) in [6, 6.07) is 14.6. The number of nitrogens with zero attached hydrogens (tertiary/aromatic N) is 2. The number of aromatic nitrogens is 1. The van der Waals surface area contributed by atoms with Gasteiger partial charge in [0.05, 0.1) is 13.7 Å². The van der Waals surface area contributed by atoms with Gasteiger partial charge in [-0.1, -0.05) is 30.3 Å². The zero-order chi connectivity index (χ0) is 21.0. The van der Waals surface area contributed by atoms with Gasteiger partial charge in [-0.05, 0) is 29.1 Å². The molecule has 0 spiro atoms. The van der Waals surface area contributed by atoms with E-state index in [0.29, 0.717) is 22.1 Å². The van der Waals surface area contributed by atoms with Crippen LogP contribution in [-0.4, -0.2) is 46.8 Å². The number of nitrogens with one attached hydrogen (secondary N) is 1. The monoisotopic (exact) mass is 391 g/mol. The Labute approximate surface area is 166 Å². The lowest BCUT2D eigenvalue weighted by molar-refractivity contribution is -0.140. The van der Waals surface area contributed by atoms with E-state index in [1.807, 2.05) is 36.4 Å². The Bertz CT molecular complexity index is 1120. The van der Waals surface area contributed by atoms with E-state index in [1.165, 1.54) is 7.11 Å². The number of rotatable bonds is 6. The summed E-state index contributed by atoms with van der Waals surface area (Å²) in [5, 5.41) is 31.1. The predicted molar refractivity (Wildman–Crippen MR) is 104 cm³/mol. The average molecular weight is 391 g/mol. The van der Waals surface area contributed by atoms with E-state index in [-0.39, 0.29) is 11.4 Å². The zero-order valence-corrected chi connectivity index (χ0v) is 15.4. The summed E-state index contributed by atoms with van der Waals surface area (Å²) < 4.78 is 5.29. The van der Waals surface area contributed by atoms with Crippen LogP contribution in [0.25, 0.3) is 21.9 Å². The molecule has 8 nitrogen and oxygen atoms in total. The van der Waals surface area contributed by atoms with Crippen LogP contribution in [0.1, 0.15) is 16.2 Å². The number of benzene rings is 2. The summed E-state index contributed by atoms with van der Waals surface area (Å²) in [5.74, 6) is -1.67. The molecule has 0 saturated heterocycles. The largest absolute Gasteiger partial charge is 0.497 e. The van der Waals surface area contributed by atoms with Crippen molar-refractivity contribution >= 4 is 22.6 Å². The first-order chi connectivity index (χ1) is 14.0. The Morgan fingerprint density at radius 3 is 2.52 bits per heavy atom. The molecule has 0 bridgehead atoms. The molecule has 1 unspecified atom stereocenters. The fourth-order valence-electron chi connectivity index (χ4n) is 2.98. The molecule has 0 aliphatic carbocycles. The quantitative estimate of drug-likeness (QED) is 0.585. The molecule has 0 radical (unpaired) electrons. The van der Waals surface area contributed by atoms with Crippen LogP contribution in [-0.2, 0) is 4.79 Å². The normalized spacial score (nSPS) is 11.5. The van der Waals surface area contributed by atoms with E-state index in [1.54, 1.807) is 18.2 Å². The second-order valence-electron chi connectivity index (χ2n) is 6.12. The molecule has 1 atom stereocenters. The zero-order valence-electron chi connectivity index (χ0n) is 15.4. The SMILES string of the molecule is COc1ccc2c(C(=O)NC(CO)C(=O)O)nc(C#N)c(-c3ccccc3)c2c1. The van der Waals surface area contributed by atoms with Crippen molar-refractivity contribution in [3.05, 3.63) is 59.9 Å². The minimum absolute atomic E-state index is 0.0120. The predicted octanol–water partition coefficient (Wildman–Crippen LogP) is 1.96. The lowest BCUT2D eigenvalue weighted by Gasteiger charge is -2.16. The third-order valence-electron chi connectivity index (χ3n) is 4.38. The van der Waals surface area contributed by atoms with Crippen molar-refractivity contribution in [1.82, 2.24) is 10.3 Å². The number of methoxy groups -OCH3 is 1. The van der Waals surface area contributed by atoms with Crippen molar-refractivity contribution in [2.24, 2.45) is 0 Å². The van der Waals surface area contributed by atoms with Crippen molar-refractivity contribution in [1.29, 1.82) is 5.26 Å². The molecule has 8 heteroatoms. The maximum Gasteiger partial charge on any atom is 0.328 e. The molecular weight excluding hydrogens is 374 g/mol. The van der Waals surface area contributed by atoms with Gasteiger partial charge in [-0.15, -0.1) is 0 Å². The van der Waals surface area contributed by atoms with Gasteiger partial charge in [0.2, 0.25) is 0 Å². The second-order valence-corrected chi connectivity index (χ2v) is 6.12. The molecule has 3 rings (SSSR count). The van der Waals surface area contributed by atoms with E-state index >= 15 is 0 Å². The van der Waals surface area contributed by atoms with Gasteiger partial charge in [0.1, 0.15) is 23.2 Å². The highest BCUT2D eigenvalue weighted by atomic mass is 16.5. The van der Waals surface area contributed by atoms with Crippen molar-refractivity contribution in [2.45, 2.75) is 6.04 Å². The Morgan fingerprint density at radius 1 is 1.21 bits per heavy atom. The molecule has 0 aliphatic heterocycles. The Hall–Kier alpha value is -3.96. The van der Waals surface area contributed by atoms with Crippen molar-refractivity contribution in [2.75, 3.05) is 13.7 Å². The molecule has 3 aromatic rings. The fraction of sp³-hybridized carbons (Fsp3) is 0.143. The smallest absolute Gasteiger partial charge is 0.328 e. The van der Waals surface area contributed by atoms with Gasteiger partial charge in [-0.25, -0.2) is 9.78 Å². The number of aliphatic hydroxyl groups is 1. The third-order valence-corrected chi connectivity index (χ3v) is 4.38. The maximum absolute atomic E-state index is 12.7. The van der Waals surface area contributed by atoms with Crippen LogP contribution in [0.15, 0.2) is 48.5 Å². The van der Waals surface area contributed by atoms with Crippen LogP contribution in [0.4, 0.5) is 0 Å². The molecular formula is C21H17N3O5. The molecule has 1 amide bonds. The van der Waals surface area contributed by atoms with Crippen LogP contribution in [0.5, 0.6) is 5.75 Å². The number of aliphatic carboxylic acids is 1. The highest BCUT2D eigenvalue weighted by Gasteiger charge is 2.24. The summed E-state index contributed by atoms with van der Waals surface area (Å²) >= 11 is 0. The number of carbonyl (C=O) groups excluding carboxylic acids is 1. The number of hydrogen-bond donors (Lipinski definition) is 3. The average Bonchev–Trinajstić information content (AvgIpc) is 2.75. The lowest BCUT2D eigenvalue weighted by atomic mass is 9.95. The molecule has 3 N–H and O–H groups in total. The minimum Gasteiger partial charge on any atom is -0.497 e. The van der Waals surface area contributed by atoms with E-state index in [4.69, 9.17) is 9.84 Å². The Kier molecular flexibility index (Phi) is 5.71. The number of carboxylic acids is 1. The molecule has 0 fully saturated rings. The number of carboxylic acid groups (broad SMARTS) is 1. The third kappa shape index (κ3) is 3.85. The Morgan fingerprint density at radius 2 is 1.93 bits per heavy atom. The summed E-state index contributed by atoms with van der Waals surface area (Å²) in [5.41, 5.74) is 1.17. The van der Waals surface area contributed by atoms with Gasteiger partial charge in [0.15, 0.2) is 6.04 Å². The van der Waals surface area contributed by atoms with Gasteiger partial charge in [-0.3, -0.25) is 4.79 Å². The van der Waals surface area contributed by atoms with Crippen LogP contribution < -0.4 is 10.1 Å². The standard InChI is InChI=1S/C21H17N3O5/c1-29-13-7-8-14-15(9-13)18(12-5-3-2-4-6-12)16(10-22)23-19(14)20(26)24-17(11-25)21(27)28/h2-9,17,25H,11H2,1H3,(H,24,26)(H,27,28). The number of aliphatic hydroxyl groups excluding tert-OH is 1. The van der Waals surface area contributed by atoms with E-state index in [0.717, 1.165) is 5.56 Å². The number of hydrogen-bond acceptors (Lipinski definition) is 6. The van der Waals surface area contributed by atoms with Crippen LogP contribution in [0, 0.1) is 11.3 Å². The van der Waals surface area contributed by atoms with Crippen molar-refractivity contribution < 1.29 is 24.5 Å². The summed E-state index contributed by atoms with van der Waals surface area (Å²) in [6.45, 7) is -0.778. The fourth-order valence-corrected chi connectivity index (χ4v) is 2.98. The summed E-state index contributed by atoms with van der Waals surface area (Å²) in [7, 11) is 1.50. The van der Waals surface area contributed by atoms with Crippen LogP contribution in [0.2, 0.25) is 0 Å². The van der Waals surface area contributed by atoms with Gasteiger partial charge in [-0.2, -0.15) is 5.26 Å². The lowest BCUT2D eigenvalue weighted by Crippen LogP contribution is -2.43. The topological polar surface area (TPSA) is 133 Å². The summed E-state index contributed by atoms with van der Waals surface area (Å²) in [6.07, 6.45) is 0. The highest BCUT2D eigenvalue weighted by molar-refractivity contribution is 6.11. The minimum atomic E-state index is -1.49. The van der Waals surface area contributed by atoms with E-state index in [2.05, 4.69) is 10.3 Å². The number of ether oxygens (including phenoxy) is 1. The van der Waals surface area contributed by atoms with Gasteiger partial charge < -0.3 is 20.3 Å². The van der Waals surface area contributed by atoms with Crippen LogP contribution in [0.3, 0.4) is 0 Å². The molecule has 146 valence electrons. The molecule has 1 heterocycles. The maximum atomic E-state index is 12.7. The molecule has 0 aliphatic rings. The van der Waals surface area contributed by atoms with Gasteiger partial charge in [0, 0.05) is 10.9 Å². The number of pyridine rings is 1. The first-order valence-corrected chi connectivity index (χ1v) is 8.62. The molecule has 2 aromatic carbocycles. The van der Waals surface area contributed by atoms with Gasteiger partial charge in [0.25, 0.3) is 5.91 Å². The Balaban J connectivity index is 2.27. The van der Waals surface area contributed by atoms with E-state index in [9.17, 15) is 20.0 Å². The summed E-state index contributed by atoms with van der Waals surface area (Å²) in [4.78, 5) is 28.1. The van der Waals surface area contributed by atoms with Gasteiger partial charge >= 0.3 is 5.97 Å². The first kappa shape index (κ1) is 19.8. The number of carbonyl (C=O) groups is 2. The molecule has 0 saturated carbocycles. The second kappa shape index (κ2) is 8.37. The number of nitriles is 1. The number of amides is 1. The van der Waals surface area contributed by atoms with E-state index < -0.39 is 24.5 Å². The first-order valence-electron chi connectivity index (χ1n) is 8.62. The van der Waals surface area contributed by atoms with Crippen LogP contribution >= 0.6 is 0 Å². The van der Waals surface area contributed by atoms with Crippen molar-refractivity contribution in [3.8, 4) is 22.9 Å².